The van der Waals surface area contributed by atoms with Crippen LogP contribution in [0.5, 0.6) is 0 Å². The molecule has 0 bridgehead atoms. The first-order valence-electron chi connectivity index (χ1n) is 7.78. The van der Waals surface area contributed by atoms with Crippen LogP contribution >= 0.6 is 0 Å². The first-order valence-corrected chi connectivity index (χ1v) is 7.78. The third kappa shape index (κ3) is 3.30. The Balaban J connectivity index is 1.83. The van der Waals surface area contributed by atoms with Gasteiger partial charge in [0.1, 0.15) is 0 Å². The van der Waals surface area contributed by atoms with E-state index < -0.39 is 0 Å². The van der Waals surface area contributed by atoms with Gasteiger partial charge in [-0.15, -0.1) is 0 Å². The molecule has 0 aliphatic heterocycles. The van der Waals surface area contributed by atoms with Crippen LogP contribution in [0, 0.1) is 20.8 Å². The van der Waals surface area contributed by atoms with Gasteiger partial charge in [0.15, 0.2) is 5.82 Å². The van der Waals surface area contributed by atoms with Gasteiger partial charge in [-0.25, -0.2) is 9.97 Å². The van der Waals surface area contributed by atoms with Crippen LogP contribution < -0.4 is 5.32 Å². The molecule has 21 heavy (non-hydrogen) atoms. The zero-order chi connectivity index (χ0) is 14.8. The summed E-state index contributed by atoms with van der Waals surface area (Å²) in [5, 5.41) is 3.56. The van der Waals surface area contributed by atoms with E-state index in [9.17, 15) is 0 Å². The van der Waals surface area contributed by atoms with Crippen LogP contribution in [0.25, 0.3) is 11.4 Å². The summed E-state index contributed by atoms with van der Waals surface area (Å²) in [6.07, 6.45) is 3.68. The summed E-state index contributed by atoms with van der Waals surface area (Å²) in [5.41, 5.74) is 5.86. The van der Waals surface area contributed by atoms with Crippen molar-refractivity contribution in [3.05, 3.63) is 46.8 Å². The lowest BCUT2D eigenvalue weighted by atomic mass is 10.1. The highest BCUT2D eigenvalue weighted by molar-refractivity contribution is 5.60. The zero-order valence-corrected chi connectivity index (χ0v) is 13.1. The molecule has 110 valence electrons. The summed E-state index contributed by atoms with van der Waals surface area (Å²) in [5.74, 6) is 0.849. The molecular weight excluding hydrogens is 258 g/mol. The minimum atomic E-state index is 0.762. The number of hydrogen-bond acceptors (Lipinski definition) is 3. The average Bonchev–Trinajstić information content (AvgIpc) is 3.26. The molecule has 2 aromatic rings. The Morgan fingerprint density at radius 3 is 2.33 bits per heavy atom. The summed E-state index contributed by atoms with van der Waals surface area (Å²) in [4.78, 5) is 9.48. The Bertz CT molecular complexity index is 622. The Morgan fingerprint density at radius 2 is 1.71 bits per heavy atom. The molecule has 0 unspecified atom stereocenters. The van der Waals surface area contributed by atoms with Gasteiger partial charge >= 0.3 is 0 Å². The van der Waals surface area contributed by atoms with E-state index in [2.05, 4.69) is 44.3 Å². The number of aryl methyl sites for hydroxylation is 3. The minimum absolute atomic E-state index is 0.762. The molecule has 1 heterocycles. The lowest BCUT2D eigenvalue weighted by molar-refractivity contribution is 0.675. The topological polar surface area (TPSA) is 37.8 Å². The van der Waals surface area contributed by atoms with E-state index in [0.717, 1.165) is 41.8 Å². The lowest BCUT2D eigenvalue weighted by Gasteiger charge is -2.12. The Kier molecular flexibility index (Phi) is 4.02. The van der Waals surface area contributed by atoms with Crippen molar-refractivity contribution in [2.45, 2.75) is 46.1 Å². The van der Waals surface area contributed by atoms with Crippen molar-refractivity contribution in [1.29, 1.82) is 0 Å². The smallest absolute Gasteiger partial charge is 0.159 e. The fraction of sp³-hybridized carbons (Fsp3) is 0.444. The third-order valence-electron chi connectivity index (χ3n) is 4.19. The van der Waals surface area contributed by atoms with Crippen molar-refractivity contribution in [2.75, 3.05) is 6.54 Å². The fourth-order valence-electron chi connectivity index (χ4n) is 2.73. The van der Waals surface area contributed by atoms with Crippen LogP contribution in [-0.2, 0) is 6.42 Å². The first kappa shape index (κ1) is 14.2. The molecule has 1 fully saturated rings. The number of nitrogens with one attached hydrogen (secondary N) is 1. The van der Waals surface area contributed by atoms with Crippen LogP contribution in [0.4, 0.5) is 0 Å². The molecule has 0 spiro atoms. The van der Waals surface area contributed by atoms with E-state index >= 15 is 0 Å². The first-order chi connectivity index (χ1) is 10.1. The van der Waals surface area contributed by atoms with Crippen molar-refractivity contribution in [3.63, 3.8) is 0 Å². The largest absolute Gasteiger partial charge is 0.314 e. The Labute approximate surface area is 126 Å². The van der Waals surface area contributed by atoms with Gasteiger partial charge in [-0.2, -0.15) is 0 Å². The summed E-state index contributed by atoms with van der Waals surface area (Å²) in [6, 6.07) is 9.06. The molecule has 0 radical (unpaired) electrons. The Hall–Kier alpha value is -1.74. The van der Waals surface area contributed by atoms with Crippen molar-refractivity contribution in [2.24, 2.45) is 0 Å². The SMILES string of the molecule is Cc1ccccc1-c1nc(C)c(CCNC2CC2)c(C)n1. The zero-order valence-electron chi connectivity index (χ0n) is 13.1. The van der Waals surface area contributed by atoms with E-state index in [4.69, 9.17) is 9.97 Å². The summed E-state index contributed by atoms with van der Waals surface area (Å²) >= 11 is 0. The van der Waals surface area contributed by atoms with Crippen LogP contribution in [-0.4, -0.2) is 22.6 Å². The van der Waals surface area contributed by atoms with Crippen LogP contribution in [0.15, 0.2) is 24.3 Å². The van der Waals surface area contributed by atoms with E-state index in [1.54, 1.807) is 0 Å². The maximum absolute atomic E-state index is 4.74. The third-order valence-corrected chi connectivity index (χ3v) is 4.19. The highest BCUT2D eigenvalue weighted by atomic mass is 14.9. The monoisotopic (exact) mass is 281 g/mol. The second-order valence-corrected chi connectivity index (χ2v) is 5.99. The van der Waals surface area contributed by atoms with Crippen molar-refractivity contribution < 1.29 is 0 Å². The van der Waals surface area contributed by atoms with Crippen LogP contribution in [0.3, 0.4) is 0 Å². The Morgan fingerprint density at radius 1 is 1.05 bits per heavy atom. The number of aromatic nitrogens is 2. The van der Waals surface area contributed by atoms with Gasteiger partial charge < -0.3 is 5.32 Å². The second kappa shape index (κ2) is 5.94. The van der Waals surface area contributed by atoms with Gasteiger partial charge in [-0.1, -0.05) is 24.3 Å². The van der Waals surface area contributed by atoms with Crippen molar-refractivity contribution >= 4 is 0 Å². The van der Waals surface area contributed by atoms with E-state index in [-0.39, 0.29) is 0 Å². The molecule has 1 aromatic heterocycles. The molecule has 1 N–H and O–H groups in total. The van der Waals surface area contributed by atoms with Gasteiger partial charge in [0.05, 0.1) is 0 Å². The lowest BCUT2D eigenvalue weighted by Crippen LogP contribution is -2.20. The molecule has 0 amide bonds. The van der Waals surface area contributed by atoms with Gasteiger partial charge in [0, 0.05) is 23.0 Å². The fourth-order valence-corrected chi connectivity index (χ4v) is 2.73. The highest BCUT2D eigenvalue weighted by Crippen LogP contribution is 2.22. The average molecular weight is 281 g/mol. The molecule has 1 aliphatic rings. The van der Waals surface area contributed by atoms with Gasteiger partial charge in [0.25, 0.3) is 0 Å². The van der Waals surface area contributed by atoms with Crippen LogP contribution in [0.1, 0.15) is 35.4 Å². The highest BCUT2D eigenvalue weighted by Gasteiger charge is 2.20. The molecule has 3 rings (SSSR count). The van der Waals surface area contributed by atoms with Crippen molar-refractivity contribution in [1.82, 2.24) is 15.3 Å². The number of hydrogen-bond donors (Lipinski definition) is 1. The molecule has 3 nitrogen and oxygen atoms in total. The normalized spacial score (nSPS) is 14.4. The standard InChI is InChI=1S/C18H23N3/c1-12-6-4-5-7-16(12)18-20-13(2)17(14(3)21-18)10-11-19-15-8-9-15/h4-7,15,19H,8-11H2,1-3H3. The molecular formula is C18H23N3. The van der Waals surface area contributed by atoms with E-state index in [1.807, 2.05) is 6.07 Å². The molecule has 1 aliphatic carbocycles. The maximum Gasteiger partial charge on any atom is 0.159 e. The molecule has 0 saturated heterocycles. The molecule has 1 aromatic carbocycles. The molecule has 3 heteroatoms. The van der Waals surface area contributed by atoms with Crippen molar-refractivity contribution in [3.8, 4) is 11.4 Å². The number of nitrogens with zero attached hydrogens (tertiary/aromatic N) is 2. The van der Waals surface area contributed by atoms with E-state index in [1.165, 1.54) is 24.0 Å². The summed E-state index contributed by atoms with van der Waals surface area (Å²) in [6.45, 7) is 7.34. The number of benzene rings is 1. The van der Waals surface area contributed by atoms with Gasteiger partial charge in [-0.3, -0.25) is 0 Å². The van der Waals surface area contributed by atoms with E-state index in [0.29, 0.717) is 0 Å². The number of rotatable bonds is 5. The van der Waals surface area contributed by atoms with Crippen LogP contribution in [0.2, 0.25) is 0 Å². The predicted molar refractivity (Wildman–Crippen MR) is 86.4 cm³/mol. The summed E-state index contributed by atoms with van der Waals surface area (Å²) in [7, 11) is 0. The predicted octanol–water partition coefficient (Wildman–Crippen LogP) is 3.36. The van der Waals surface area contributed by atoms with Gasteiger partial charge in [0.2, 0.25) is 0 Å². The molecule has 1 saturated carbocycles. The summed E-state index contributed by atoms with van der Waals surface area (Å²) < 4.78 is 0. The quantitative estimate of drug-likeness (QED) is 0.913. The second-order valence-electron chi connectivity index (χ2n) is 5.99. The van der Waals surface area contributed by atoms with Gasteiger partial charge in [-0.05, 0) is 57.7 Å². The minimum Gasteiger partial charge on any atom is -0.314 e. The molecule has 0 atom stereocenters. The maximum atomic E-state index is 4.74.